The normalized spacial score (nSPS) is 67.7. The van der Waals surface area contributed by atoms with Crippen LogP contribution in [-0.4, -0.2) is 37.5 Å². The van der Waals surface area contributed by atoms with E-state index in [4.69, 9.17) is 74.3 Å². The van der Waals surface area contributed by atoms with E-state index in [2.05, 4.69) is 0 Å². The Morgan fingerprint density at radius 3 is 1.65 bits per heavy atom. The molecule has 5 aliphatic rings. The molecular weight excluding hydrogens is 389 g/mol. The van der Waals surface area contributed by atoms with Crippen LogP contribution in [0.1, 0.15) is 0 Å². The zero-order valence-corrected chi connectivity index (χ0v) is 14.2. The number of halogens is 6. The van der Waals surface area contributed by atoms with Crippen LogP contribution >= 0.6 is 69.6 Å². The average molecular weight is 397 g/mol. The van der Waals surface area contributed by atoms with Gasteiger partial charge in [-0.15, -0.1) is 23.2 Å². The Morgan fingerprint density at radius 1 is 0.850 bits per heavy atom. The molecule has 3 saturated carbocycles. The van der Waals surface area contributed by atoms with Gasteiger partial charge >= 0.3 is 0 Å². The van der Waals surface area contributed by atoms with Crippen molar-refractivity contribution >= 4 is 69.6 Å². The summed E-state index contributed by atoms with van der Waals surface area (Å²) in [4.78, 5) is -2.53. The number of hydrogen-bond acceptors (Lipinski definition) is 2. The van der Waals surface area contributed by atoms with E-state index in [0.29, 0.717) is 0 Å². The van der Waals surface area contributed by atoms with Crippen LogP contribution in [0.25, 0.3) is 0 Å². The van der Waals surface area contributed by atoms with Gasteiger partial charge < -0.3 is 9.84 Å². The molecule has 1 aliphatic heterocycles. The number of hydrogen-bond donors (Lipinski definition) is 1. The van der Waals surface area contributed by atoms with E-state index >= 15 is 0 Å². The van der Waals surface area contributed by atoms with Gasteiger partial charge in [0.1, 0.15) is 9.75 Å². The molecule has 0 aromatic carbocycles. The summed E-state index contributed by atoms with van der Waals surface area (Å²) in [6.07, 6.45) is -0.487. The van der Waals surface area contributed by atoms with Crippen LogP contribution in [0.2, 0.25) is 0 Å². The van der Waals surface area contributed by atoms with E-state index in [9.17, 15) is 5.11 Å². The van der Waals surface area contributed by atoms with Gasteiger partial charge in [-0.3, -0.25) is 0 Å². The highest BCUT2D eigenvalue weighted by Gasteiger charge is 2.91. The molecule has 8 heteroatoms. The van der Waals surface area contributed by atoms with Crippen molar-refractivity contribution in [3.63, 3.8) is 0 Å². The van der Waals surface area contributed by atoms with Crippen molar-refractivity contribution in [3.8, 4) is 0 Å². The van der Waals surface area contributed by atoms with Crippen LogP contribution in [0.15, 0.2) is 10.1 Å². The highest BCUT2D eigenvalue weighted by molar-refractivity contribution is 6.65. The minimum absolute atomic E-state index is 0.0128. The van der Waals surface area contributed by atoms with Gasteiger partial charge in [-0.1, -0.05) is 46.4 Å². The Labute approximate surface area is 145 Å². The van der Waals surface area contributed by atoms with Gasteiger partial charge in [-0.05, 0) is 11.8 Å². The van der Waals surface area contributed by atoms with Crippen LogP contribution in [0.5, 0.6) is 0 Å². The number of fused-ring (bicyclic) bond motifs is 12. The van der Waals surface area contributed by atoms with Gasteiger partial charge in [0.05, 0.1) is 28.4 Å². The molecule has 4 bridgehead atoms. The quantitative estimate of drug-likeness (QED) is 0.386. The number of aliphatic hydroxyl groups excluding tert-OH is 1. The smallest absolute Gasteiger partial charge is 0.166 e. The monoisotopic (exact) mass is 394 g/mol. The predicted molar refractivity (Wildman–Crippen MR) is 79.0 cm³/mol. The van der Waals surface area contributed by atoms with E-state index in [0.717, 1.165) is 0 Å². The molecule has 0 spiro atoms. The molecule has 1 heterocycles. The molecule has 0 amide bonds. The van der Waals surface area contributed by atoms with E-state index in [1.54, 1.807) is 0 Å². The van der Waals surface area contributed by atoms with E-state index in [1.807, 2.05) is 0 Å². The minimum atomic E-state index is -1.50. The van der Waals surface area contributed by atoms with Gasteiger partial charge in [-0.25, -0.2) is 0 Å². The van der Waals surface area contributed by atoms with Crippen LogP contribution in [0, 0.1) is 23.7 Å². The molecule has 4 aliphatic carbocycles. The van der Waals surface area contributed by atoms with Gasteiger partial charge in [0, 0.05) is 11.8 Å². The summed E-state index contributed by atoms with van der Waals surface area (Å²) in [5, 5.41) is 10.9. The molecule has 0 aromatic heterocycles. The lowest BCUT2D eigenvalue weighted by atomic mass is 9.73. The highest BCUT2D eigenvalue weighted by Crippen LogP contribution is 2.84. The number of ether oxygens (including phenoxy) is 1. The fourth-order valence-corrected chi connectivity index (χ4v) is 8.41. The molecule has 0 aromatic rings. The molecule has 4 fully saturated rings. The molecule has 1 N–H and O–H groups in total. The maximum atomic E-state index is 10.5. The molecule has 20 heavy (non-hydrogen) atoms. The lowest BCUT2D eigenvalue weighted by molar-refractivity contribution is 0.0503. The Morgan fingerprint density at radius 2 is 1.25 bits per heavy atom. The van der Waals surface area contributed by atoms with Gasteiger partial charge in [0.15, 0.2) is 4.33 Å². The maximum Gasteiger partial charge on any atom is 0.166 e. The van der Waals surface area contributed by atoms with Gasteiger partial charge in [0.2, 0.25) is 0 Å². The van der Waals surface area contributed by atoms with Crippen molar-refractivity contribution in [1.29, 1.82) is 0 Å². The topological polar surface area (TPSA) is 32.8 Å². The van der Waals surface area contributed by atoms with Crippen molar-refractivity contribution in [3.05, 3.63) is 10.1 Å². The Kier molecular flexibility index (Phi) is 2.36. The minimum Gasteiger partial charge on any atom is -0.392 e. The lowest BCUT2D eigenvalue weighted by Gasteiger charge is -2.37. The van der Waals surface area contributed by atoms with Crippen molar-refractivity contribution in [2.75, 3.05) is 0 Å². The van der Waals surface area contributed by atoms with Crippen LogP contribution < -0.4 is 0 Å². The number of epoxide rings is 1. The summed E-state index contributed by atoms with van der Waals surface area (Å²) >= 11 is 39.3. The summed E-state index contributed by atoms with van der Waals surface area (Å²) in [6.45, 7) is 0. The van der Waals surface area contributed by atoms with Crippen LogP contribution in [-0.2, 0) is 4.74 Å². The predicted octanol–water partition coefficient (Wildman–Crippen LogP) is 3.45. The van der Waals surface area contributed by atoms with Gasteiger partial charge in [0.25, 0.3) is 0 Å². The Bertz CT molecular complexity index is 546. The third kappa shape index (κ3) is 0.991. The van der Waals surface area contributed by atoms with Crippen molar-refractivity contribution < 1.29 is 9.84 Å². The van der Waals surface area contributed by atoms with E-state index in [-0.39, 0.29) is 45.9 Å². The van der Waals surface area contributed by atoms with Crippen molar-refractivity contribution in [2.45, 2.75) is 32.4 Å². The van der Waals surface area contributed by atoms with E-state index < -0.39 is 20.2 Å². The number of alkyl halides is 4. The molecular formula is C12H8Cl6O2. The molecule has 110 valence electrons. The molecule has 1 saturated heterocycles. The fraction of sp³-hybridized carbons (Fsp3) is 0.833. The second-order valence-electron chi connectivity index (χ2n) is 6.39. The number of rotatable bonds is 0. The first-order valence-electron chi connectivity index (χ1n) is 6.36. The molecule has 5 rings (SSSR count). The first-order chi connectivity index (χ1) is 9.20. The number of aliphatic hydroxyl groups is 1. The molecule has 1 unspecified atom stereocenters. The van der Waals surface area contributed by atoms with Crippen LogP contribution in [0.4, 0.5) is 0 Å². The number of allylic oxidation sites excluding steroid dienone is 2. The van der Waals surface area contributed by atoms with E-state index in [1.165, 1.54) is 0 Å². The molecule has 0 radical (unpaired) electrons. The van der Waals surface area contributed by atoms with Crippen LogP contribution in [0.3, 0.4) is 0 Å². The largest absolute Gasteiger partial charge is 0.392 e. The molecule has 2 nitrogen and oxygen atoms in total. The summed E-state index contributed by atoms with van der Waals surface area (Å²) in [5.74, 6) is -0.724. The Balaban J connectivity index is 1.80. The van der Waals surface area contributed by atoms with Gasteiger partial charge in [-0.2, -0.15) is 0 Å². The first kappa shape index (κ1) is 13.8. The highest BCUT2D eigenvalue weighted by atomic mass is 35.5. The molecule has 9 atom stereocenters. The first-order valence-corrected chi connectivity index (χ1v) is 8.63. The third-order valence-corrected chi connectivity index (χ3v) is 10.3. The van der Waals surface area contributed by atoms with Crippen molar-refractivity contribution in [2.24, 2.45) is 23.7 Å². The third-order valence-electron chi connectivity index (χ3n) is 5.99. The summed E-state index contributed by atoms with van der Waals surface area (Å²) in [5.41, 5.74) is 0. The Hall–Kier alpha value is 1.40. The summed E-state index contributed by atoms with van der Waals surface area (Å²) in [6, 6.07) is 0. The lowest BCUT2D eigenvalue weighted by Crippen LogP contribution is -2.48. The second kappa shape index (κ2) is 3.42. The second-order valence-corrected chi connectivity index (χ2v) is 9.66. The zero-order valence-electron chi connectivity index (χ0n) is 9.66. The zero-order chi connectivity index (χ0) is 14.4. The summed E-state index contributed by atoms with van der Waals surface area (Å²) < 4.78 is 4.13. The average Bonchev–Trinajstić information content (AvgIpc) is 3.01. The fourth-order valence-electron chi connectivity index (χ4n) is 5.31. The van der Waals surface area contributed by atoms with Crippen molar-refractivity contribution in [1.82, 2.24) is 0 Å². The maximum absolute atomic E-state index is 10.5. The SMILES string of the molecule is OC1[C@@H]2[C@H]3O[C@H]3[C@@H]1[C@@H]1[C@H]2[C@]2(Cl)C(Cl)=C(Cl)[C@@]1(Cl)C2(Cl)Cl. The summed E-state index contributed by atoms with van der Waals surface area (Å²) in [7, 11) is 0. The standard InChI is InChI=1S/C12H8Cl6O2/c13-8-9(14)11(16)4-2-5(19)1(6-7(2)20-6)3(4)10(8,15)12(11,17)18/h1-7,19H/t1-,2-,3-,4+,5?,6+,7-,10-,11+/m1/s1.